The minimum absolute atomic E-state index is 0.168. The molecule has 4 aromatic rings. The molecule has 39 heavy (non-hydrogen) atoms. The molecule has 2 heterocycles. The fraction of sp³-hybridized carbons (Fsp3) is 0.312. The van der Waals surface area contributed by atoms with E-state index in [1.807, 2.05) is 80.6 Å². The fourth-order valence-electron chi connectivity index (χ4n) is 5.22. The number of rotatable bonds is 10. The number of nitrogens with zero attached hydrogens (tertiary/aromatic N) is 1. The molecule has 2 N–H and O–H groups in total. The molecule has 7 heteroatoms. The van der Waals surface area contributed by atoms with Crippen LogP contribution in [0.3, 0.4) is 0 Å². The smallest absolute Gasteiger partial charge is 0.287 e. The SMILES string of the molecule is CC(C)C[C@H](NC(=O)c1cc2ccccc2o1)C(=O)N[N+]1(Cc2ccc(Oc3ccccc3)cc2)CCCC1. The number of quaternary nitrogens is 1. The summed E-state index contributed by atoms with van der Waals surface area (Å²) >= 11 is 0. The molecule has 2 amide bonds. The molecule has 0 unspecified atom stereocenters. The molecular weight excluding hydrogens is 490 g/mol. The third-order valence-corrected chi connectivity index (χ3v) is 7.14. The minimum atomic E-state index is -0.664. The third-order valence-electron chi connectivity index (χ3n) is 7.14. The molecule has 0 saturated carbocycles. The Morgan fingerprint density at radius 3 is 2.26 bits per heavy atom. The van der Waals surface area contributed by atoms with Crippen LogP contribution in [0.25, 0.3) is 11.0 Å². The van der Waals surface area contributed by atoms with Crippen molar-refractivity contribution >= 4 is 22.8 Å². The summed E-state index contributed by atoms with van der Waals surface area (Å²) in [5.41, 5.74) is 5.07. The number of nitrogens with one attached hydrogen (secondary N) is 2. The average molecular weight is 527 g/mol. The van der Waals surface area contributed by atoms with E-state index >= 15 is 0 Å². The lowest BCUT2D eigenvalue weighted by Crippen LogP contribution is -2.62. The molecule has 202 valence electrons. The van der Waals surface area contributed by atoms with Gasteiger partial charge in [0.1, 0.15) is 42.8 Å². The summed E-state index contributed by atoms with van der Waals surface area (Å²) in [6.45, 7) is 6.46. The number of hydrogen-bond acceptors (Lipinski definition) is 4. The van der Waals surface area contributed by atoms with Crippen molar-refractivity contribution in [3.8, 4) is 11.5 Å². The molecule has 1 aliphatic heterocycles. The van der Waals surface area contributed by atoms with Crippen LogP contribution in [0.1, 0.15) is 49.2 Å². The van der Waals surface area contributed by atoms with Crippen molar-refractivity contribution in [1.82, 2.24) is 10.7 Å². The number of benzene rings is 3. The van der Waals surface area contributed by atoms with Crippen molar-refractivity contribution in [2.24, 2.45) is 5.92 Å². The van der Waals surface area contributed by atoms with Gasteiger partial charge in [-0.25, -0.2) is 4.59 Å². The maximum Gasteiger partial charge on any atom is 0.287 e. The number of carbonyl (C=O) groups is 2. The predicted octanol–water partition coefficient (Wildman–Crippen LogP) is 6.21. The van der Waals surface area contributed by atoms with E-state index in [1.54, 1.807) is 6.07 Å². The van der Waals surface area contributed by atoms with Crippen molar-refractivity contribution in [2.75, 3.05) is 13.1 Å². The zero-order chi connectivity index (χ0) is 27.2. The van der Waals surface area contributed by atoms with E-state index in [2.05, 4.69) is 22.9 Å². The van der Waals surface area contributed by atoms with Crippen molar-refractivity contribution < 1.29 is 23.3 Å². The number of fused-ring (bicyclic) bond motifs is 1. The van der Waals surface area contributed by atoms with Gasteiger partial charge in [0.05, 0.1) is 0 Å². The number of amides is 2. The van der Waals surface area contributed by atoms with Crippen LogP contribution in [0.15, 0.2) is 89.3 Å². The average Bonchev–Trinajstić information content (AvgIpc) is 3.57. The van der Waals surface area contributed by atoms with E-state index in [1.165, 1.54) is 0 Å². The van der Waals surface area contributed by atoms with Gasteiger partial charge in [-0.2, -0.15) is 5.43 Å². The number of furan rings is 1. The Balaban J connectivity index is 1.27. The lowest BCUT2D eigenvalue weighted by atomic mass is 10.0. The zero-order valence-corrected chi connectivity index (χ0v) is 22.6. The summed E-state index contributed by atoms with van der Waals surface area (Å²) in [4.78, 5) is 26.7. The highest BCUT2D eigenvalue weighted by molar-refractivity contribution is 5.98. The van der Waals surface area contributed by atoms with Gasteiger partial charge in [0, 0.05) is 23.8 Å². The van der Waals surface area contributed by atoms with E-state index in [-0.39, 0.29) is 23.5 Å². The lowest BCUT2D eigenvalue weighted by Gasteiger charge is -2.35. The molecule has 1 atom stereocenters. The van der Waals surface area contributed by atoms with E-state index in [0.717, 1.165) is 48.4 Å². The highest BCUT2D eigenvalue weighted by atomic mass is 16.5. The van der Waals surface area contributed by atoms with Crippen molar-refractivity contribution in [2.45, 2.75) is 45.7 Å². The Kier molecular flexibility index (Phi) is 7.98. The van der Waals surface area contributed by atoms with E-state index in [0.29, 0.717) is 23.1 Å². The first kappa shape index (κ1) is 26.5. The largest absolute Gasteiger partial charge is 0.457 e. The molecule has 1 aliphatic rings. The predicted molar refractivity (Wildman–Crippen MR) is 151 cm³/mol. The second kappa shape index (κ2) is 11.7. The molecule has 5 rings (SSSR count). The van der Waals surface area contributed by atoms with Crippen molar-refractivity contribution in [3.05, 3.63) is 96.3 Å². The van der Waals surface area contributed by atoms with Crippen LogP contribution in [-0.2, 0) is 11.3 Å². The highest BCUT2D eigenvalue weighted by Gasteiger charge is 2.37. The summed E-state index contributed by atoms with van der Waals surface area (Å²) in [5, 5.41) is 3.80. The zero-order valence-electron chi connectivity index (χ0n) is 22.6. The van der Waals surface area contributed by atoms with Gasteiger partial charge in [0.25, 0.3) is 11.8 Å². The van der Waals surface area contributed by atoms with Crippen LogP contribution in [0, 0.1) is 5.92 Å². The first-order chi connectivity index (χ1) is 18.9. The second-order valence-electron chi connectivity index (χ2n) is 10.8. The number of para-hydroxylation sites is 2. The Bertz CT molecular complexity index is 1370. The van der Waals surface area contributed by atoms with Gasteiger partial charge >= 0.3 is 0 Å². The molecule has 3 aromatic carbocycles. The molecule has 0 bridgehead atoms. The molecule has 0 aliphatic carbocycles. The topological polar surface area (TPSA) is 80.6 Å². The Labute approximate surface area is 229 Å². The summed E-state index contributed by atoms with van der Waals surface area (Å²) in [6, 6.07) is 26.3. The van der Waals surface area contributed by atoms with Gasteiger partial charge in [0.15, 0.2) is 5.76 Å². The van der Waals surface area contributed by atoms with Gasteiger partial charge in [-0.05, 0) is 60.9 Å². The van der Waals surface area contributed by atoms with Crippen LogP contribution in [0.5, 0.6) is 11.5 Å². The van der Waals surface area contributed by atoms with Crippen molar-refractivity contribution in [3.63, 3.8) is 0 Å². The van der Waals surface area contributed by atoms with Gasteiger partial charge in [0.2, 0.25) is 0 Å². The molecule has 7 nitrogen and oxygen atoms in total. The number of likely N-dealkylation sites (tertiary alicyclic amines) is 1. The van der Waals surface area contributed by atoms with E-state index < -0.39 is 6.04 Å². The normalized spacial score (nSPS) is 15.3. The Hall–Kier alpha value is -4.10. The highest BCUT2D eigenvalue weighted by Crippen LogP contribution is 2.25. The van der Waals surface area contributed by atoms with Crippen LogP contribution < -0.4 is 15.5 Å². The van der Waals surface area contributed by atoms with E-state index in [9.17, 15) is 9.59 Å². The quantitative estimate of drug-likeness (QED) is 0.241. The lowest BCUT2D eigenvalue weighted by molar-refractivity contribution is -0.963. The molecule has 0 radical (unpaired) electrons. The number of hydrogen-bond donors (Lipinski definition) is 2. The van der Waals surface area contributed by atoms with Gasteiger partial charge in [-0.1, -0.05) is 50.2 Å². The molecule has 0 spiro atoms. The fourth-order valence-corrected chi connectivity index (χ4v) is 5.22. The molecule has 1 fully saturated rings. The minimum Gasteiger partial charge on any atom is -0.457 e. The Morgan fingerprint density at radius 2 is 1.56 bits per heavy atom. The summed E-state index contributed by atoms with van der Waals surface area (Å²) in [7, 11) is 0. The summed E-state index contributed by atoms with van der Waals surface area (Å²) in [5.74, 6) is 1.45. The van der Waals surface area contributed by atoms with Crippen LogP contribution in [-0.4, -0.2) is 35.5 Å². The van der Waals surface area contributed by atoms with Gasteiger partial charge in [-0.3, -0.25) is 9.59 Å². The van der Waals surface area contributed by atoms with Crippen LogP contribution in [0.2, 0.25) is 0 Å². The summed E-state index contributed by atoms with van der Waals surface area (Å²) < 4.78 is 12.1. The molecule has 1 saturated heterocycles. The van der Waals surface area contributed by atoms with Gasteiger partial charge in [-0.15, -0.1) is 0 Å². The first-order valence-corrected chi connectivity index (χ1v) is 13.7. The maximum absolute atomic E-state index is 13.6. The Morgan fingerprint density at radius 1 is 0.897 bits per heavy atom. The first-order valence-electron chi connectivity index (χ1n) is 13.7. The number of carbonyl (C=O) groups excluding carboxylic acids is 2. The van der Waals surface area contributed by atoms with Crippen LogP contribution >= 0.6 is 0 Å². The van der Waals surface area contributed by atoms with Crippen LogP contribution in [0.4, 0.5) is 0 Å². The second-order valence-corrected chi connectivity index (χ2v) is 10.8. The molecule has 1 aromatic heterocycles. The maximum atomic E-state index is 13.6. The monoisotopic (exact) mass is 526 g/mol. The number of ether oxygens (including phenoxy) is 1. The van der Waals surface area contributed by atoms with Gasteiger partial charge < -0.3 is 14.5 Å². The summed E-state index contributed by atoms with van der Waals surface area (Å²) in [6.07, 6.45) is 2.61. The van der Waals surface area contributed by atoms with Crippen molar-refractivity contribution in [1.29, 1.82) is 0 Å². The van der Waals surface area contributed by atoms with E-state index in [4.69, 9.17) is 9.15 Å². The molecular formula is C32H36N3O4+. The standard InChI is InChI=1S/C32H35N3O4/c1-23(2)20-28(33-32(37)30-21-25-10-6-7-13-29(25)39-30)31(36)34-35(18-8-9-19-35)22-24-14-16-27(17-15-24)38-26-11-4-3-5-12-26/h3-7,10-17,21,23,28H,8-9,18-20,22H2,1-2H3,(H-,33,34,36,37)/p+1/t28-/m0/s1. The third kappa shape index (κ3) is 6.67.